The summed E-state index contributed by atoms with van der Waals surface area (Å²) in [5.41, 5.74) is 1.75. The van der Waals surface area contributed by atoms with Crippen molar-refractivity contribution in [1.29, 1.82) is 0 Å². The lowest BCUT2D eigenvalue weighted by atomic mass is 10.2. The van der Waals surface area contributed by atoms with Gasteiger partial charge in [0.1, 0.15) is 17.2 Å². The van der Waals surface area contributed by atoms with Gasteiger partial charge >= 0.3 is 0 Å². The van der Waals surface area contributed by atoms with E-state index in [1.807, 2.05) is 36.7 Å². The number of ether oxygens (including phenoxy) is 1. The molecular formula is C15H16Cl2N2O2S. The molecule has 4 nitrogen and oxygen atoms in total. The molecule has 0 saturated carbocycles. The number of hydrogen-bond donors (Lipinski definition) is 1. The second kappa shape index (κ2) is 7.33. The maximum atomic E-state index is 12.8. The molecular weight excluding hydrogens is 343 g/mol. The van der Waals surface area contributed by atoms with Crippen LogP contribution in [-0.4, -0.2) is 26.1 Å². The summed E-state index contributed by atoms with van der Waals surface area (Å²) in [6.07, 6.45) is 0. The van der Waals surface area contributed by atoms with Gasteiger partial charge in [-0.05, 0) is 30.1 Å². The molecule has 0 bridgehead atoms. The third-order valence-electron chi connectivity index (χ3n) is 3.34. The number of para-hydroxylation sites is 2. The average Bonchev–Trinajstić information content (AvgIpc) is 2.88. The van der Waals surface area contributed by atoms with Crippen molar-refractivity contribution >= 4 is 46.9 Å². The molecule has 2 aromatic rings. The van der Waals surface area contributed by atoms with E-state index in [4.69, 9.17) is 16.3 Å². The number of benzene rings is 1. The largest absolute Gasteiger partial charge is 0.490 e. The van der Waals surface area contributed by atoms with Gasteiger partial charge in [0.25, 0.3) is 5.91 Å². The molecule has 0 unspecified atom stereocenters. The standard InChI is InChI=1S/C15H15ClN2O2S.ClH/c1-17-8-10-9-21-14(13(10)16)15(19)18-6-7-20-12-5-3-2-4-11(12)18;/h2-5,9,17H,6-8H2,1H3;1H. The number of nitrogens with zero attached hydrogens (tertiary/aromatic N) is 1. The van der Waals surface area contributed by atoms with E-state index in [0.29, 0.717) is 29.6 Å². The minimum atomic E-state index is -0.0666. The van der Waals surface area contributed by atoms with Crippen LogP contribution in [0.5, 0.6) is 5.75 Å². The van der Waals surface area contributed by atoms with E-state index >= 15 is 0 Å². The maximum Gasteiger partial charge on any atom is 0.270 e. The highest BCUT2D eigenvalue weighted by Crippen LogP contribution is 2.35. The molecule has 1 aromatic carbocycles. The van der Waals surface area contributed by atoms with Gasteiger partial charge in [-0.2, -0.15) is 0 Å². The number of nitrogens with one attached hydrogen (secondary N) is 1. The van der Waals surface area contributed by atoms with Crippen LogP contribution in [0, 0.1) is 0 Å². The first-order valence-electron chi connectivity index (χ1n) is 6.66. The summed E-state index contributed by atoms with van der Waals surface area (Å²) >= 11 is 7.72. The normalized spacial score (nSPS) is 13.1. The van der Waals surface area contributed by atoms with Crippen molar-refractivity contribution < 1.29 is 9.53 Å². The molecule has 0 atom stereocenters. The van der Waals surface area contributed by atoms with Gasteiger partial charge in [0.15, 0.2) is 0 Å². The summed E-state index contributed by atoms with van der Waals surface area (Å²) in [7, 11) is 1.85. The molecule has 22 heavy (non-hydrogen) atoms. The van der Waals surface area contributed by atoms with E-state index in [2.05, 4.69) is 5.32 Å². The number of anilines is 1. The van der Waals surface area contributed by atoms with Gasteiger partial charge in [0.2, 0.25) is 0 Å². The van der Waals surface area contributed by atoms with Gasteiger partial charge in [-0.1, -0.05) is 23.7 Å². The third-order valence-corrected chi connectivity index (χ3v) is 4.90. The van der Waals surface area contributed by atoms with Gasteiger partial charge in [-0.15, -0.1) is 23.7 Å². The summed E-state index contributed by atoms with van der Waals surface area (Å²) in [6.45, 7) is 1.68. The SMILES string of the molecule is CNCc1csc(C(=O)N2CCOc3ccccc32)c1Cl.Cl. The predicted molar refractivity (Wildman–Crippen MR) is 93.0 cm³/mol. The molecule has 3 rings (SSSR count). The summed E-state index contributed by atoms with van der Waals surface area (Å²) < 4.78 is 5.58. The molecule has 118 valence electrons. The number of carbonyl (C=O) groups is 1. The van der Waals surface area contributed by atoms with Crippen molar-refractivity contribution in [3.63, 3.8) is 0 Å². The van der Waals surface area contributed by atoms with Crippen LogP contribution in [0.4, 0.5) is 5.69 Å². The van der Waals surface area contributed by atoms with Crippen LogP contribution in [0.2, 0.25) is 5.02 Å². The van der Waals surface area contributed by atoms with Gasteiger partial charge in [0, 0.05) is 6.54 Å². The Hall–Kier alpha value is -1.27. The highest BCUT2D eigenvalue weighted by Gasteiger charge is 2.27. The fourth-order valence-electron chi connectivity index (χ4n) is 2.34. The lowest BCUT2D eigenvalue weighted by Gasteiger charge is -2.29. The molecule has 1 N–H and O–H groups in total. The Bertz CT molecular complexity index is 675. The zero-order valence-corrected chi connectivity index (χ0v) is 14.4. The lowest BCUT2D eigenvalue weighted by molar-refractivity contribution is 0.0980. The fraction of sp³-hybridized carbons (Fsp3) is 0.267. The van der Waals surface area contributed by atoms with Crippen molar-refractivity contribution in [2.24, 2.45) is 0 Å². The fourth-order valence-corrected chi connectivity index (χ4v) is 3.64. The topological polar surface area (TPSA) is 41.6 Å². The number of fused-ring (bicyclic) bond motifs is 1. The van der Waals surface area contributed by atoms with Crippen LogP contribution in [0.15, 0.2) is 29.6 Å². The van der Waals surface area contributed by atoms with Gasteiger partial charge < -0.3 is 15.0 Å². The quantitative estimate of drug-likeness (QED) is 0.911. The Morgan fingerprint density at radius 2 is 2.23 bits per heavy atom. The third kappa shape index (κ3) is 3.08. The molecule has 1 amide bonds. The van der Waals surface area contributed by atoms with Crippen molar-refractivity contribution in [1.82, 2.24) is 5.32 Å². The number of amides is 1. The second-order valence-electron chi connectivity index (χ2n) is 4.71. The van der Waals surface area contributed by atoms with Crippen LogP contribution < -0.4 is 15.0 Å². The summed E-state index contributed by atoms with van der Waals surface area (Å²) in [5, 5.41) is 5.52. The first kappa shape index (κ1) is 17.1. The van der Waals surface area contributed by atoms with E-state index < -0.39 is 0 Å². The molecule has 1 aromatic heterocycles. The molecule has 1 aliphatic heterocycles. The molecule has 0 saturated heterocycles. The highest BCUT2D eigenvalue weighted by molar-refractivity contribution is 7.13. The Kier molecular flexibility index (Phi) is 5.69. The van der Waals surface area contributed by atoms with E-state index in [1.165, 1.54) is 11.3 Å². The second-order valence-corrected chi connectivity index (χ2v) is 5.96. The Morgan fingerprint density at radius 1 is 1.45 bits per heavy atom. The number of rotatable bonds is 3. The van der Waals surface area contributed by atoms with E-state index in [1.54, 1.807) is 4.90 Å². The van der Waals surface area contributed by atoms with Crippen molar-refractivity contribution in [3.05, 3.63) is 45.1 Å². The number of hydrogen-bond acceptors (Lipinski definition) is 4. The monoisotopic (exact) mass is 358 g/mol. The first-order valence-corrected chi connectivity index (χ1v) is 7.92. The van der Waals surface area contributed by atoms with E-state index in [9.17, 15) is 4.79 Å². The highest BCUT2D eigenvalue weighted by atomic mass is 35.5. The maximum absolute atomic E-state index is 12.8. The molecule has 0 radical (unpaired) electrons. The minimum Gasteiger partial charge on any atom is -0.490 e. The Morgan fingerprint density at radius 3 is 3.00 bits per heavy atom. The van der Waals surface area contributed by atoms with Crippen LogP contribution in [0.1, 0.15) is 15.2 Å². The number of thiophene rings is 1. The van der Waals surface area contributed by atoms with Gasteiger partial charge in [-0.25, -0.2) is 0 Å². The molecule has 2 heterocycles. The van der Waals surface area contributed by atoms with Crippen LogP contribution in [-0.2, 0) is 6.54 Å². The summed E-state index contributed by atoms with van der Waals surface area (Å²) in [6, 6.07) is 7.56. The van der Waals surface area contributed by atoms with Crippen molar-refractivity contribution in [2.75, 3.05) is 25.1 Å². The van der Waals surface area contributed by atoms with Gasteiger partial charge in [0.05, 0.1) is 17.3 Å². The zero-order valence-electron chi connectivity index (χ0n) is 12.0. The molecule has 0 fully saturated rings. The average molecular weight is 359 g/mol. The Labute approximate surface area is 144 Å². The molecule has 1 aliphatic rings. The zero-order chi connectivity index (χ0) is 14.8. The van der Waals surface area contributed by atoms with Crippen LogP contribution >= 0.6 is 35.3 Å². The first-order chi connectivity index (χ1) is 10.2. The smallest absolute Gasteiger partial charge is 0.270 e. The summed E-state index contributed by atoms with van der Waals surface area (Å²) in [5.74, 6) is 0.670. The Balaban J connectivity index is 0.00000176. The predicted octanol–water partition coefficient (Wildman–Crippen LogP) is 3.58. The number of halogens is 2. The van der Waals surface area contributed by atoms with Crippen molar-refractivity contribution in [3.8, 4) is 5.75 Å². The van der Waals surface area contributed by atoms with Crippen molar-refractivity contribution in [2.45, 2.75) is 6.54 Å². The van der Waals surface area contributed by atoms with E-state index in [0.717, 1.165) is 17.0 Å². The van der Waals surface area contributed by atoms with Crippen LogP contribution in [0.3, 0.4) is 0 Å². The molecule has 0 spiro atoms. The van der Waals surface area contributed by atoms with E-state index in [-0.39, 0.29) is 18.3 Å². The molecule has 0 aliphatic carbocycles. The molecule has 7 heteroatoms. The summed E-state index contributed by atoms with van der Waals surface area (Å²) in [4.78, 5) is 15.1. The van der Waals surface area contributed by atoms with Gasteiger partial charge in [-0.3, -0.25) is 4.79 Å². The number of carbonyl (C=O) groups excluding carboxylic acids is 1. The minimum absolute atomic E-state index is 0. The lowest BCUT2D eigenvalue weighted by Crippen LogP contribution is -2.37. The van der Waals surface area contributed by atoms with Crippen LogP contribution in [0.25, 0.3) is 0 Å².